The van der Waals surface area contributed by atoms with Gasteiger partial charge in [0.1, 0.15) is 11.5 Å². The highest BCUT2D eigenvalue weighted by Gasteiger charge is 2.04. The van der Waals surface area contributed by atoms with E-state index in [1.807, 2.05) is 84.2 Å². The zero-order valence-corrected chi connectivity index (χ0v) is 16.3. The van der Waals surface area contributed by atoms with Gasteiger partial charge in [-0.15, -0.1) is 11.3 Å². The van der Waals surface area contributed by atoms with Crippen molar-refractivity contribution in [2.75, 3.05) is 5.43 Å². The second-order valence-corrected chi connectivity index (χ2v) is 7.20. The van der Waals surface area contributed by atoms with Crippen LogP contribution < -0.4 is 10.2 Å². The predicted octanol–water partition coefficient (Wildman–Crippen LogP) is 6.70. The minimum atomic E-state index is 0.709. The average Bonchev–Trinajstić information content (AvgIpc) is 3.19. The number of hydrazone groups is 1. The molecule has 1 N–H and O–H groups in total. The molecule has 4 nitrogen and oxygen atoms in total. The molecule has 4 rings (SSSR count). The number of para-hydroxylation sites is 1. The summed E-state index contributed by atoms with van der Waals surface area (Å²) in [5.74, 6) is 1.56. The van der Waals surface area contributed by atoms with Crippen LogP contribution in [0.1, 0.15) is 5.56 Å². The van der Waals surface area contributed by atoms with Crippen LogP contribution in [0.4, 0.5) is 5.13 Å². The summed E-state index contributed by atoms with van der Waals surface area (Å²) in [6, 6.07) is 25.0. The van der Waals surface area contributed by atoms with E-state index in [0.717, 1.165) is 33.5 Å². The van der Waals surface area contributed by atoms with Crippen LogP contribution in [-0.2, 0) is 0 Å². The first kappa shape index (κ1) is 18.2. The first-order valence-electron chi connectivity index (χ1n) is 8.60. The topological polar surface area (TPSA) is 46.5 Å². The van der Waals surface area contributed by atoms with Crippen molar-refractivity contribution >= 4 is 34.3 Å². The van der Waals surface area contributed by atoms with Crippen LogP contribution in [0.3, 0.4) is 0 Å². The molecule has 1 aromatic heterocycles. The molecule has 6 heteroatoms. The van der Waals surface area contributed by atoms with E-state index in [2.05, 4.69) is 15.5 Å². The minimum absolute atomic E-state index is 0.709. The molecular formula is C22H16ClN3OS. The molecule has 0 aliphatic heterocycles. The Morgan fingerprint density at radius 1 is 0.929 bits per heavy atom. The minimum Gasteiger partial charge on any atom is -0.457 e. The van der Waals surface area contributed by atoms with Crippen LogP contribution in [0.15, 0.2) is 89.3 Å². The molecule has 0 amide bonds. The maximum absolute atomic E-state index is 5.93. The molecular weight excluding hydrogens is 390 g/mol. The van der Waals surface area contributed by atoms with Crippen molar-refractivity contribution in [3.05, 3.63) is 94.8 Å². The number of benzene rings is 3. The molecule has 3 aromatic carbocycles. The first-order valence-corrected chi connectivity index (χ1v) is 9.85. The number of halogens is 1. The summed E-state index contributed by atoms with van der Waals surface area (Å²) < 4.78 is 5.84. The Kier molecular flexibility index (Phi) is 5.66. The fraction of sp³-hybridized carbons (Fsp3) is 0. The average molecular weight is 406 g/mol. The molecule has 0 fully saturated rings. The molecule has 0 unspecified atom stereocenters. The van der Waals surface area contributed by atoms with Gasteiger partial charge in [0.2, 0.25) is 5.13 Å². The highest BCUT2D eigenvalue weighted by molar-refractivity contribution is 7.14. The summed E-state index contributed by atoms with van der Waals surface area (Å²) in [5, 5.41) is 7.69. The van der Waals surface area contributed by atoms with E-state index in [-0.39, 0.29) is 0 Å². The van der Waals surface area contributed by atoms with Gasteiger partial charge in [-0.1, -0.05) is 54.1 Å². The molecule has 0 atom stereocenters. The van der Waals surface area contributed by atoms with Crippen LogP contribution in [0, 0.1) is 0 Å². The van der Waals surface area contributed by atoms with Gasteiger partial charge in [-0.2, -0.15) is 5.10 Å². The van der Waals surface area contributed by atoms with Gasteiger partial charge < -0.3 is 4.74 Å². The second-order valence-electron chi connectivity index (χ2n) is 5.90. The van der Waals surface area contributed by atoms with E-state index in [1.165, 1.54) is 11.3 Å². The Morgan fingerprint density at radius 3 is 2.54 bits per heavy atom. The normalized spacial score (nSPS) is 10.9. The fourth-order valence-electron chi connectivity index (χ4n) is 2.52. The highest BCUT2D eigenvalue weighted by Crippen LogP contribution is 2.26. The van der Waals surface area contributed by atoms with Gasteiger partial charge in [-0.3, -0.25) is 5.43 Å². The standard InChI is InChI=1S/C22H16ClN3OS/c23-18-11-9-17(10-12-18)21-15-28-22(25-21)26-24-14-16-5-4-8-20(13-16)27-19-6-2-1-3-7-19/h1-15H,(H,25,26). The SMILES string of the molecule is Clc1ccc(-c2csc(NN=Cc3cccc(Oc4ccccc4)c3)n2)cc1. The molecule has 138 valence electrons. The van der Waals surface area contributed by atoms with Crippen molar-refractivity contribution in [3.8, 4) is 22.8 Å². The highest BCUT2D eigenvalue weighted by atomic mass is 35.5. The van der Waals surface area contributed by atoms with Crippen LogP contribution >= 0.6 is 22.9 Å². The lowest BCUT2D eigenvalue weighted by Gasteiger charge is -2.05. The van der Waals surface area contributed by atoms with E-state index >= 15 is 0 Å². The van der Waals surface area contributed by atoms with Crippen LogP contribution in [0.2, 0.25) is 5.02 Å². The van der Waals surface area contributed by atoms with E-state index in [4.69, 9.17) is 16.3 Å². The fourth-order valence-corrected chi connectivity index (χ4v) is 3.32. The van der Waals surface area contributed by atoms with E-state index < -0.39 is 0 Å². The van der Waals surface area contributed by atoms with Gasteiger partial charge in [0.15, 0.2) is 0 Å². The van der Waals surface area contributed by atoms with Gasteiger partial charge >= 0.3 is 0 Å². The first-order chi connectivity index (χ1) is 13.8. The van der Waals surface area contributed by atoms with E-state index in [1.54, 1.807) is 6.21 Å². The number of rotatable bonds is 6. The number of thiazole rings is 1. The number of nitrogens with zero attached hydrogens (tertiary/aromatic N) is 2. The van der Waals surface area contributed by atoms with Crippen molar-refractivity contribution in [2.24, 2.45) is 5.10 Å². The largest absolute Gasteiger partial charge is 0.457 e. The van der Waals surface area contributed by atoms with Gasteiger partial charge in [0, 0.05) is 16.0 Å². The molecule has 0 saturated carbocycles. The molecule has 0 saturated heterocycles. The maximum Gasteiger partial charge on any atom is 0.203 e. The van der Waals surface area contributed by atoms with Gasteiger partial charge in [0.25, 0.3) is 0 Å². The number of hydrogen-bond acceptors (Lipinski definition) is 5. The van der Waals surface area contributed by atoms with Gasteiger partial charge in [-0.05, 0) is 42.0 Å². The van der Waals surface area contributed by atoms with Crippen molar-refractivity contribution < 1.29 is 4.74 Å². The molecule has 0 bridgehead atoms. The molecule has 4 aromatic rings. The lowest BCUT2D eigenvalue weighted by molar-refractivity contribution is 0.482. The Hall–Kier alpha value is -3.15. The van der Waals surface area contributed by atoms with Crippen molar-refractivity contribution in [2.45, 2.75) is 0 Å². The summed E-state index contributed by atoms with van der Waals surface area (Å²) in [5.41, 5.74) is 5.80. The Labute approximate surface area is 172 Å². The van der Waals surface area contributed by atoms with Gasteiger partial charge in [-0.25, -0.2) is 4.98 Å². The third kappa shape index (κ3) is 4.76. The predicted molar refractivity (Wildman–Crippen MR) is 117 cm³/mol. The Bertz CT molecular complexity index is 1080. The number of anilines is 1. The summed E-state index contributed by atoms with van der Waals surface area (Å²) in [6.45, 7) is 0. The van der Waals surface area contributed by atoms with Crippen molar-refractivity contribution in [1.29, 1.82) is 0 Å². The van der Waals surface area contributed by atoms with Crippen molar-refractivity contribution in [3.63, 3.8) is 0 Å². The number of aromatic nitrogens is 1. The van der Waals surface area contributed by atoms with Crippen LogP contribution in [0.25, 0.3) is 11.3 Å². The third-order valence-electron chi connectivity index (χ3n) is 3.85. The third-order valence-corrected chi connectivity index (χ3v) is 4.85. The summed E-state index contributed by atoms with van der Waals surface area (Å²) in [4.78, 5) is 4.54. The number of nitrogens with one attached hydrogen (secondary N) is 1. The lowest BCUT2D eigenvalue weighted by Crippen LogP contribution is -1.91. The summed E-state index contributed by atoms with van der Waals surface area (Å²) >= 11 is 7.42. The Balaban J connectivity index is 1.40. The number of hydrogen-bond donors (Lipinski definition) is 1. The molecule has 1 heterocycles. The molecule has 28 heavy (non-hydrogen) atoms. The molecule has 0 spiro atoms. The monoisotopic (exact) mass is 405 g/mol. The number of ether oxygens (including phenoxy) is 1. The molecule has 0 radical (unpaired) electrons. The molecule has 0 aliphatic carbocycles. The van der Waals surface area contributed by atoms with Crippen LogP contribution in [-0.4, -0.2) is 11.2 Å². The van der Waals surface area contributed by atoms with Crippen LogP contribution in [0.5, 0.6) is 11.5 Å². The zero-order chi connectivity index (χ0) is 19.2. The van der Waals surface area contributed by atoms with Crippen molar-refractivity contribution in [1.82, 2.24) is 4.98 Å². The summed E-state index contributed by atoms with van der Waals surface area (Å²) in [7, 11) is 0. The molecule has 0 aliphatic rings. The van der Waals surface area contributed by atoms with E-state index in [9.17, 15) is 0 Å². The quantitative estimate of drug-likeness (QED) is 0.286. The zero-order valence-electron chi connectivity index (χ0n) is 14.7. The smallest absolute Gasteiger partial charge is 0.203 e. The second kappa shape index (κ2) is 8.69. The van der Waals surface area contributed by atoms with E-state index in [0.29, 0.717) is 5.02 Å². The maximum atomic E-state index is 5.93. The Morgan fingerprint density at radius 2 is 1.71 bits per heavy atom. The van der Waals surface area contributed by atoms with Gasteiger partial charge in [0.05, 0.1) is 11.9 Å². The summed E-state index contributed by atoms with van der Waals surface area (Å²) in [6.07, 6.45) is 1.74. The lowest BCUT2D eigenvalue weighted by atomic mass is 10.2.